The van der Waals surface area contributed by atoms with Gasteiger partial charge < -0.3 is 20.5 Å². The first kappa shape index (κ1) is 28.0. The van der Waals surface area contributed by atoms with Crippen molar-refractivity contribution in [1.82, 2.24) is 0 Å². The van der Waals surface area contributed by atoms with Crippen molar-refractivity contribution in [3.8, 4) is 5.75 Å². The summed E-state index contributed by atoms with van der Waals surface area (Å²) in [4.78, 5) is 41.4. The maximum atomic E-state index is 14.0. The monoisotopic (exact) mass is 528 g/mol. The average Bonchev–Trinajstić information content (AvgIpc) is 2.87. The maximum Gasteiger partial charge on any atom is 0.235 e. The predicted molar refractivity (Wildman–Crippen MR) is 152 cm³/mol. The Bertz CT molecular complexity index is 1430. The number of benzene rings is 3. The Morgan fingerprint density at radius 1 is 0.872 bits per heavy atom. The highest BCUT2D eigenvalue weighted by Crippen LogP contribution is 2.47. The summed E-state index contributed by atoms with van der Waals surface area (Å²) in [6.45, 7) is 9.10. The number of methoxy groups -OCH3 is 1. The Balaban J connectivity index is 1.81. The van der Waals surface area contributed by atoms with E-state index >= 15 is 0 Å². The summed E-state index contributed by atoms with van der Waals surface area (Å²) in [6, 6.07) is 18.4. The minimum absolute atomic E-state index is 0.330. The summed E-state index contributed by atoms with van der Waals surface area (Å²) in [5.74, 6) is -4.12. The summed E-state index contributed by atoms with van der Waals surface area (Å²) in [7, 11) is 1.52. The number of Topliss-reactive ketones (excluding diaryl/α,β-unsaturated/α-hetero) is 1. The van der Waals surface area contributed by atoms with Gasteiger partial charge in [-0.2, -0.15) is 0 Å². The standard InChI is InChI=1S/C32H36N2O5/c1-18-10-12-20(3)24(14-18)33-30(36)28-26(35)17-32(5,38)29(27(28)22-8-7-9-23(16-22)39-6)31(37)34-25-15-19(2)11-13-21(25)4/h7-16,27-29,38H,17H2,1-6H3,(H,33,36)(H,34,37). The molecule has 0 aliphatic heterocycles. The Morgan fingerprint density at radius 3 is 2.00 bits per heavy atom. The highest BCUT2D eigenvalue weighted by molar-refractivity contribution is 6.10. The zero-order valence-corrected chi connectivity index (χ0v) is 23.3. The van der Waals surface area contributed by atoms with E-state index in [1.54, 1.807) is 24.3 Å². The molecule has 0 saturated heterocycles. The zero-order valence-electron chi connectivity index (χ0n) is 23.3. The van der Waals surface area contributed by atoms with E-state index in [0.29, 0.717) is 22.7 Å². The maximum absolute atomic E-state index is 14.0. The molecule has 1 saturated carbocycles. The molecule has 7 nitrogen and oxygen atoms in total. The molecule has 0 aromatic heterocycles. The van der Waals surface area contributed by atoms with Crippen LogP contribution in [0.1, 0.15) is 47.1 Å². The predicted octanol–water partition coefficient (Wildman–Crippen LogP) is 5.25. The van der Waals surface area contributed by atoms with E-state index in [2.05, 4.69) is 10.6 Å². The molecule has 0 radical (unpaired) electrons. The number of ether oxygens (including phenoxy) is 1. The number of aryl methyl sites for hydroxylation is 4. The summed E-state index contributed by atoms with van der Waals surface area (Å²) in [5.41, 5.74) is 3.74. The van der Waals surface area contributed by atoms with E-state index in [1.165, 1.54) is 14.0 Å². The van der Waals surface area contributed by atoms with E-state index in [0.717, 1.165) is 22.3 Å². The second kappa shape index (κ2) is 11.0. The van der Waals surface area contributed by atoms with Crippen molar-refractivity contribution in [3.63, 3.8) is 0 Å². The normalized spacial score (nSPS) is 22.7. The highest BCUT2D eigenvalue weighted by atomic mass is 16.5. The van der Waals surface area contributed by atoms with Crippen LogP contribution in [0.5, 0.6) is 5.75 Å². The van der Waals surface area contributed by atoms with Crippen molar-refractivity contribution in [2.45, 2.75) is 52.6 Å². The molecule has 4 rings (SSSR count). The van der Waals surface area contributed by atoms with Gasteiger partial charge in [0.1, 0.15) is 17.5 Å². The fourth-order valence-electron chi connectivity index (χ4n) is 5.50. The van der Waals surface area contributed by atoms with Crippen LogP contribution in [0.2, 0.25) is 0 Å². The Labute approximate surface area is 229 Å². The van der Waals surface area contributed by atoms with Crippen LogP contribution < -0.4 is 15.4 Å². The first-order valence-corrected chi connectivity index (χ1v) is 13.1. The van der Waals surface area contributed by atoms with Gasteiger partial charge >= 0.3 is 0 Å². The molecule has 204 valence electrons. The lowest BCUT2D eigenvalue weighted by Gasteiger charge is -2.44. The molecule has 4 atom stereocenters. The molecule has 3 aromatic carbocycles. The topological polar surface area (TPSA) is 105 Å². The Kier molecular flexibility index (Phi) is 7.93. The number of anilines is 2. The van der Waals surface area contributed by atoms with E-state index in [1.807, 2.05) is 64.1 Å². The molecule has 1 fully saturated rings. The third-order valence-electron chi connectivity index (χ3n) is 7.61. The first-order chi connectivity index (χ1) is 18.4. The number of rotatable bonds is 6. The molecular formula is C32H36N2O5. The Morgan fingerprint density at radius 2 is 1.44 bits per heavy atom. The highest BCUT2D eigenvalue weighted by Gasteiger charge is 2.56. The molecular weight excluding hydrogens is 492 g/mol. The summed E-state index contributed by atoms with van der Waals surface area (Å²) in [6.07, 6.45) is -0.330. The summed E-state index contributed by atoms with van der Waals surface area (Å²) in [5, 5.41) is 17.5. The largest absolute Gasteiger partial charge is 0.497 e. The lowest BCUT2D eigenvalue weighted by Crippen LogP contribution is -2.56. The fraction of sp³-hybridized carbons (Fsp3) is 0.344. The molecule has 0 spiro atoms. The minimum atomic E-state index is -1.69. The lowest BCUT2D eigenvalue weighted by molar-refractivity contribution is -0.150. The van der Waals surface area contributed by atoms with Crippen molar-refractivity contribution in [2.24, 2.45) is 11.8 Å². The molecule has 39 heavy (non-hydrogen) atoms. The van der Waals surface area contributed by atoms with Gasteiger partial charge in [0.15, 0.2) is 0 Å². The minimum Gasteiger partial charge on any atom is -0.497 e. The number of amides is 2. The van der Waals surface area contributed by atoms with Gasteiger partial charge in [0.05, 0.1) is 18.6 Å². The molecule has 1 aliphatic carbocycles. The van der Waals surface area contributed by atoms with Gasteiger partial charge in [-0.25, -0.2) is 0 Å². The van der Waals surface area contributed by atoms with Crippen LogP contribution in [0, 0.1) is 39.5 Å². The van der Waals surface area contributed by atoms with Crippen LogP contribution in [0.4, 0.5) is 11.4 Å². The first-order valence-electron chi connectivity index (χ1n) is 13.1. The molecule has 3 aromatic rings. The van der Waals surface area contributed by atoms with E-state index < -0.39 is 41.0 Å². The fourth-order valence-corrected chi connectivity index (χ4v) is 5.50. The molecule has 0 bridgehead atoms. The van der Waals surface area contributed by atoms with Crippen LogP contribution in [0.3, 0.4) is 0 Å². The van der Waals surface area contributed by atoms with E-state index in [4.69, 9.17) is 4.74 Å². The van der Waals surface area contributed by atoms with Crippen molar-refractivity contribution in [3.05, 3.63) is 88.5 Å². The molecule has 4 unspecified atom stereocenters. The number of carbonyl (C=O) groups is 3. The van der Waals surface area contributed by atoms with Crippen molar-refractivity contribution in [1.29, 1.82) is 0 Å². The van der Waals surface area contributed by atoms with Gasteiger partial charge in [-0.15, -0.1) is 0 Å². The van der Waals surface area contributed by atoms with Crippen molar-refractivity contribution in [2.75, 3.05) is 17.7 Å². The molecule has 2 amide bonds. The van der Waals surface area contributed by atoms with Gasteiger partial charge in [-0.3, -0.25) is 14.4 Å². The van der Waals surface area contributed by atoms with Crippen LogP contribution >= 0.6 is 0 Å². The molecule has 3 N–H and O–H groups in total. The van der Waals surface area contributed by atoms with Crippen LogP contribution in [-0.4, -0.2) is 35.4 Å². The second-order valence-corrected chi connectivity index (χ2v) is 10.9. The molecule has 0 heterocycles. The van der Waals surface area contributed by atoms with Gasteiger partial charge in [-0.1, -0.05) is 36.4 Å². The lowest BCUT2D eigenvalue weighted by atomic mass is 9.61. The number of aliphatic hydroxyl groups is 1. The van der Waals surface area contributed by atoms with Gasteiger partial charge in [0, 0.05) is 23.7 Å². The number of ketones is 1. The smallest absolute Gasteiger partial charge is 0.235 e. The Hall–Kier alpha value is -3.97. The average molecular weight is 529 g/mol. The molecule has 1 aliphatic rings. The van der Waals surface area contributed by atoms with Crippen LogP contribution in [0.15, 0.2) is 60.7 Å². The third-order valence-corrected chi connectivity index (χ3v) is 7.61. The summed E-state index contributed by atoms with van der Waals surface area (Å²) < 4.78 is 5.42. The zero-order chi connectivity index (χ0) is 28.5. The van der Waals surface area contributed by atoms with E-state index in [-0.39, 0.29) is 6.42 Å². The SMILES string of the molecule is COc1cccc(C2C(C(=O)Nc3cc(C)ccc3C)C(=O)CC(C)(O)C2C(=O)Nc2cc(C)ccc2C)c1. The number of hydrogen-bond acceptors (Lipinski definition) is 5. The van der Waals surface area contributed by atoms with Gasteiger partial charge in [0.2, 0.25) is 11.8 Å². The summed E-state index contributed by atoms with van der Waals surface area (Å²) >= 11 is 0. The quantitative estimate of drug-likeness (QED) is 0.379. The number of hydrogen-bond donors (Lipinski definition) is 3. The van der Waals surface area contributed by atoms with Crippen molar-refractivity contribution >= 4 is 29.0 Å². The van der Waals surface area contributed by atoms with Crippen molar-refractivity contribution < 1.29 is 24.2 Å². The second-order valence-electron chi connectivity index (χ2n) is 10.9. The van der Waals surface area contributed by atoms with Gasteiger partial charge in [0.25, 0.3) is 0 Å². The van der Waals surface area contributed by atoms with E-state index in [9.17, 15) is 19.5 Å². The van der Waals surface area contributed by atoms with Gasteiger partial charge in [-0.05, 0) is 86.7 Å². The third kappa shape index (κ3) is 5.88. The number of carbonyl (C=O) groups excluding carboxylic acids is 3. The molecule has 7 heteroatoms. The van der Waals surface area contributed by atoms with Crippen LogP contribution in [0.25, 0.3) is 0 Å². The number of nitrogens with one attached hydrogen (secondary N) is 2. The van der Waals surface area contributed by atoms with Crippen LogP contribution in [-0.2, 0) is 14.4 Å².